The van der Waals surface area contributed by atoms with Crippen molar-refractivity contribution in [2.24, 2.45) is 0 Å². The molecule has 172 valence electrons. The number of nitriles is 2. The molecule has 35 heavy (non-hydrogen) atoms. The van der Waals surface area contributed by atoms with E-state index >= 15 is 0 Å². The van der Waals surface area contributed by atoms with Gasteiger partial charge in [0.1, 0.15) is 6.04 Å². The van der Waals surface area contributed by atoms with Gasteiger partial charge in [-0.3, -0.25) is 4.90 Å². The molecule has 5 rings (SSSR count). The summed E-state index contributed by atoms with van der Waals surface area (Å²) in [5, 5.41) is 25.8. The fourth-order valence-corrected chi connectivity index (χ4v) is 4.71. The van der Waals surface area contributed by atoms with E-state index in [9.17, 15) is 18.4 Å². The Bertz CT molecular complexity index is 1520. The van der Waals surface area contributed by atoms with E-state index in [0.29, 0.717) is 34.2 Å². The summed E-state index contributed by atoms with van der Waals surface area (Å²) in [6.45, 7) is 1.68. The van der Waals surface area contributed by atoms with Crippen LogP contribution in [0.4, 0.5) is 24.8 Å². The zero-order valence-electron chi connectivity index (χ0n) is 18.2. The average molecular weight is 488 g/mol. The van der Waals surface area contributed by atoms with Gasteiger partial charge in [0.15, 0.2) is 5.82 Å². The number of fused-ring (bicyclic) bond motifs is 1. The zero-order chi connectivity index (χ0) is 24.7. The summed E-state index contributed by atoms with van der Waals surface area (Å²) in [5.74, 6) is 0.691. The van der Waals surface area contributed by atoms with Gasteiger partial charge < -0.3 is 0 Å². The van der Waals surface area contributed by atoms with E-state index in [-0.39, 0.29) is 5.69 Å². The predicted octanol–water partition coefficient (Wildman–Crippen LogP) is 6.44. The molecule has 2 aromatic heterocycles. The van der Waals surface area contributed by atoms with Crippen LogP contribution in [-0.2, 0) is 6.18 Å². The van der Waals surface area contributed by atoms with Crippen LogP contribution in [0.1, 0.15) is 29.7 Å². The molecule has 6 nitrogen and oxygen atoms in total. The van der Waals surface area contributed by atoms with Gasteiger partial charge in [-0.2, -0.15) is 28.7 Å². The van der Waals surface area contributed by atoms with Gasteiger partial charge in [-0.1, -0.05) is 24.3 Å². The van der Waals surface area contributed by atoms with Crippen molar-refractivity contribution in [1.29, 1.82) is 10.5 Å². The molecule has 0 fully saturated rings. The third-order valence-corrected chi connectivity index (χ3v) is 6.57. The highest BCUT2D eigenvalue weighted by molar-refractivity contribution is 7.13. The van der Waals surface area contributed by atoms with E-state index < -0.39 is 17.8 Å². The van der Waals surface area contributed by atoms with Gasteiger partial charge in [0.25, 0.3) is 0 Å². The first kappa shape index (κ1) is 22.4. The Morgan fingerprint density at radius 1 is 1.00 bits per heavy atom. The topological polar surface area (TPSA) is 81.5 Å². The maximum Gasteiger partial charge on any atom is 0.416 e. The van der Waals surface area contributed by atoms with Crippen LogP contribution in [0.15, 0.2) is 77.3 Å². The van der Waals surface area contributed by atoms with Crippen molar-refractivity contribution in [3.8, 4) is 22.8 Å². The lowest BCUT2D eigenvalue weighted by molar-refractivity contribution is -0.137. The Hall–Kier alpha value is -4.41. The molecule has 4 aromatic rings. The number of allylic oxidation sites excluding steroid dienone is 2. The van der Waals surface area contributed by atoms with Gasteiger partial charge in [-0.25, -0.2) is 4.68 Å². The highest BCUT2D eigenvalue weighted by Gasteiger charge is 2.37. The quantitative estimate of drug-likeness (QED) is 0.332. The molecule has 0 aliphatic carbocycles. The number of hydrogen-bond acceptors (Lipinski definition) is 6. The van der Waals surface area contributed by atoms with Crippen molar-refractivity contribution in [2.45, 2.75) is 19.1 Å². The number of nitrogens with zero attached hydrogens (tertiary/aromatic N) is 6. The van der Waals surface area contributed by atoms with Crippen LogP contribution in [0.2, 0.25) is 0 Å². The molecule has 1 aliphatic heterocycles. The van der Waals surface area contributed by atoms with Gasteiger partial charge in [-0.05, 0) is 54.3 Å². The monoisotopic (exact) mass is 488 g/mol. The Morgan fingerprint density at radius 2 is 1.77 bits per heavy atom. The molecule has 2 aromatic carbocycles. The summed E-state index contributed by atoms with van der Waals surface area (Å²) in [6.07, 6.45) is -4.53. The second-order valence-electron chi connectivity index (χ2n) is 7.79. The van der Waals surface area contributed by atoms with E-state index in [2.05, 4.69) is 22.2 Å². The first-order chi connectivity index (χ1) is 16.8. The molecular weight excluding hydrogens is 473 g/mol. The van der Waals surface area contributed by atoms with E-state index in [1.807, 2.05) is 17.5 Å². The van der Waals surface area contributed by atoms with Crippen LogP contribution in [0.3, 0.4) is 0 Å². The van der Waals surface area contributed by atoms with Gasteiger partial charge in [0.2, 0.25) is 5.95 Å². The third kappa shape index (κ3) is 3.84. The van der Waals surface area contributed by atoms with E-state index in [0.717, 1.165) is 17.0 Å². The van der Waals surface area contributed by atoms with Crippen LogP contribution < -0.4 is 4.90 Å². The Labute approximate surface area is 202 Å². The summed E-state index contributed by atoms with van der Waals surface area (Å²) in [5.41, 5.74) is 1.33. The second-order valence-corrected chi connectivity index (χ2v) is 8.74. The van der Waals surface area contributed by atoms with E-state index in [4.69, 9.17) is 5.26 Å². The van der Waals surface area contributed by atoms with Gasteiger partial charge in [0.05, 0.1) is 33.7 Å². The molecule has 10 heteroatoms. The molecule has 1 aliphatic rings. The fourth-order valence-electron chi connectivity index (χ4n) is 4.06. The summed E-state index contributed by atoms with van der Waals surface area (Å²) in [4.78, 5) is 6.99. The number of hydrogen-bond donors (Lipinski definition) is 0. The largest absolute Gasteiger partial charge is 0.416 e. The number of benzene rings is 2. The lowest BCUT2D eigenvalue weighted by Gasteiger charge is -2.34. The molecule has 0 amide bonds. The number of rotatable bonds is 3. The molecule has 1 unspecified atom stereocenters. The number of anilines is 2. The highest BCUT2D eigenvalue weighted by Crippen LogP contribution is 2.44. The van der Waals surface area contributed by atoms with E-state index in [1.54, 1.807) is 41.9 Å². The summed E-state index contributed by atoms with van der Waals surface area (Å²) >= 11 is 1.43. The number of thiophene rings is 1. The Morgan fingerprint density at radius 3 is 2.40 bits per heavy atom. The smallest absolute Gasteiger partial charge is 0.282 e. The molecule has 0 radical (unpaired) electrons. The predicted molar refractivity (Wildman–Crippen MR) is 125 cm³/mol. The SMILES string of the molecule is CC1=C(C#N)C(c2ccc(C#N)cc2)n2nc(-c3cccs3)nc2N1c1cccc(C(F)(F)F)c1. The van der Waals surface area contributed by atoms with Gasteiger partial charge in [0, 0.05) is 11.4 Å². The maximum absolute atomic E-state index is 13.5. The molecule has 0 saturated heterocycles. The minimum absolute atomic E-state index is 0.217. The van der Waals surface area contributed by atoms with Crippen LogP contribution in [0, 0.1) is 22.7 Å². The van der Waals surface area contributed by atoms with Crippen molar-refractivity contribution in [1.82, 2.24) is 14.8 Å². The maximum atomic E-state index is 13.5. The third-order valence-electron chi connectivity index (χ3n) is 5.71. The fraction of sp³-hybridized carbons (Fsp3) is 0.120. The Kier molecular flexibility index (Phi) is 5.39. The van der Waals surface area contributed by atoms with Crippen molar-refractivity contribution in [3.63, 3.8) is 0 Å². The molecule has 0 saturated carbocycles. The molecule has 0 N–H and O–H groups in total. The summed E-state index contributed by atoms with van der Waals surface area (Å²) in [6, 6.07) is 19.0. The van der Waals surface area contributed by atoms with E-state index in [1.165, 1.54) is 22.3 Å². The average Bonchev–Trinajstić information content (AvgIpc) is 3.53. The lowest BCUT2D eigenvalue weighted by atomic mass is 9.95. The molecule has 1 atom stereocenters. The number of aromatic nitrogens is 3. The van der Waals surface area contributed by atoms with Gasteiger partial charge in [-0.15, -0.1) is 16.4 Å². The minimum Gasteiger partial charge on any atom is -0.282 e. The normalized spacial score (nSPS) is 15.5. The first-order valence-corrected chi connectivity index (χ1v) is 11.3. The Balaban J connectivity index is 1.75. The van der Waals surface area contributed by atoms with Crippen LogP contribution >= 0.6 is 11.3 Å². The highest BCUT2D eigenvalue weighted by atomic mass is 32.1. The first-order valence-electron chi connectivity index (χ1n) is 10.4. The minimum atomic E-state index is -4.53. The lowest BCUT2D eigenvalue weighted by Crippen LogP contribution is -2.31. The second kappa shape index (κ2) is 8.42. The summed E-state index contributed by atoms with van der Waals surface area (Å²) in [7, 11) is 0. The number of halogens is 3. The van der Waals surface area contributed by atoms with Crippen LogP contribution in [0.5, 0.6) is 0 Å². The summed E-state index contributed by atoms with van der Waals surface area (Å²) < 4.78 is 42.0. The van der Waals surface area contributed by atoms with Crippen molar-refractivity contribution in [2.75, 3.05) is 4.90 Å². The molecular formula is C25H15F3N6S. The van der Waals surface area contributed by atoms with Crippen molar-refractivity contribution >= 4 is 23.0 Å². The van der Waals surface area contributed by atoms with Crippen molar-refractivity contribution < 1.29 is 13.2 Å². The van der Waals surface area contributed by atoms with Crippen LogP contribution in [0.25, 0.3) is 10.7 Å². The standard InChI is InChI=1S/C25H15F3N6S/c1-15-20(14-30)22(17-9-7-16(13-29)8-10-17)34-24(31-23(32-34)21-6-3-11-35-21)33(15)19-5-2-4-18(12-19)25(26,27)28/h2-12,22H,1H3. The zero-order valence-corrected chi connectivity index (χ0v) is 19.0. The van der Waals surface area contributed by atoms with Gasteiger partial charge >= 0.3 is 6.18 Å². The number of alkyl halides is 3. The van der Waals surface area contributed by atoms with Crippen LogP contribution in [-0.4, -0.2) is 14.8 Å². The van der Waals surface area contributed by atoms with Crippen molar-refractivity contribution in [3.05, 3.63) is 94.0 Å². The molecule has 0 spiro atoms. The molecule has 3 heterocycles. The molecule has 0 bridgehead atoms.